The van der Waals surface area contributed by atoms with Gasteiger partial charge in [0.05, 0.1) is 0 Å². The first kappa shape index (κ1) is 20.9. The SMILES string of the molecule is CN1CCN(c2ccc3[nH]c(-c4ccc5[nH]c(-c6ccc(N(C)C)cc6)cc5c4)cc3c2)CC1. The Kier molecular flexibility index (Phi) is 5.07. The highest BCUT2D eigenvalue weighted by molar-refractivity contribution is 5.93. The second-order valence-corrected chi connectivity index (χ2v) is 9.67. The highest BCUT2D eigenvalue weighted by Crippen LogP contribution is 2.32. The highest BCUT2D eigenvalue weighted by Gasteiger charge is 2.15. The maximum Gasteiger partial charge on any atom is 0.0465 e. The minimum Gasteiger partial charge on any atom is -0.378 e. The van der Waals surface area contributed by atoms with Crippen molar-refractivity contribution in [1.29, 1.82) is 0 Å². The van der Waals surface area contributed by atoms with Gasteiger partial charge in [-0.1, -0.05) is 18.2 Å². The quantitative estimate of drug-likeness (QED) is 0.364. The first-order valence-corrected chi connectivity index (χ1v) is 12.0. The summed E-state index contributed by atoms with van der Waals surface area (Å²) in [5, 5.41) is 2.49. The molecule has 6 rings (SSSR count). The van der Waals surface area contributed by atoms with Gasteiger partial charge in [-0.05, 0) is 72.8 Å². The van der Waals surface area contributed by atoms with Crippen LogP contribution in [-0.2, 0) is 0 Å². The normalized spacial score (nSPS) is 14.9. The Labute approximate surface area is 200 Å². The molecule has 172 valence electrons. The molecule has 1 aliphatic heterocycles. The van der Waals surface area contributed by atoms with Crippen molar-refractivity contribution in [2.24, 2.45) is 0 Å². The Hall–Kier alpha value is -3.70. The fourth-order valence-electron chi connectivity index (χ4n) is 4.93. The fraction of sp³-hybridized carbons (Fsp3) is 0.241. The minimum atomic E-state index is 1.09. The fourth-order valence-corrected chi connectivity index (χ4v) is 4.93. The lowest BCUT2D eigenvalue weighted by Gasteiger charge is -2.34. The zero-order chi connectivity index (χ0) is 23.2. The summed E-state index contributed by atoms with van der Waals surface area (Å²) in [5.41, 5.74) is 9.57. The third kappa shape index (κ3) is 3.82. The zero-order valence-corrected chi connectivity index (χ0v) is 20.1. The number of benzene rings is 3. The molecule has 0 amide bonds. The molecule has 0 atom stereocenters. The van der Waals surface area contributed by atoms with Crippen molar-refractivity contribution in [3.63, 3.8) is 0 Å². The van der Waals surface area contributed by atoms with Crippen LogP contribution in [0.5, 0.6) is 0 Å². The molecule has 5 heteroatoms. The smallest absolute Gasteiger partial charge is 0.0465 e. The number of nitrogens with zero attached hydrogens (tertiary/aromatic N) is 3. The molecule has 0 saturated carbocycles. The summed E-state index contributed by atoms with van der Waals surface area (Å²) in [7, 11) is 6.33. The van der Waals surface area contributed by atoms with E-state index in [1.165, 1.54) is 38.8 Å². The standard InChI is InChI=1S/C29H31N5/c1-32(2)24-7-4-20(5-8-24)28-18-22-16-21(6-10-26(22)30-28)29-19-23-17-25(9-11-27(23)31-29)34-14-12-33(3)13-15-34/h4-11,16-19,30-31H,12-15H2,1-3H3. The number of piperazine rings is 1. The molecule has 1 fully saturated rings. The molecular weight excluding hydrogens is 418 g/mol. The molecule has 0 spiro atoms. The first-order chi connectivity index (χ1) is 16.5. The summed E-state index contributed by atoms with van der Waals surface area (Å²) in [6.07, 6.45) is 0. The van der Waals surface area contributed by atoms with E-state index in [-0.39, 0.29) is 0 Å². The van der Waals surface area contributed by atoms with Gasteiger partial charge in [-0.15, -0.1) is 0 Å². The lowest BCUT2D eigenvalue weighted by molar-refractivity contribution is 0.313. The summed E-state index contributed by atoms with van der Waals surface area (Å²) in [6, 6.07) is 26.6. The molecule has 5 aromatic rings. The lowest BCUT2D eigenvalue weighted by Crippen LogP contribution is -2.44. The second kappa shape index (κ2) is 8.26. The van der Waals surface area contributed by atoms with Gasteiger partial charge in [-0.2, -0.15) is 0 Å². The summed E-state index contributed by atoms with van der Waals surface area (Å²) in [5.74, 6) is 0. The van der Waals surface area contributed by atoms with Crippen molar-refractivity contribution in [1.82, 2.24) is 14.9 Å². The average molecular weight is 450 g/mol. The molecule has 0 aliphatic carbocycles. The largest absolute Gasteiger partial charge is 0.378 e. The van der Waals surface area contributed by atoms with Crippen LogP contribution in [0.2, 0.25) is 0 Å². The van der Waals surface area contributed by atoms with E-state index < -0.39 is 0 Å². The molecule has 1 aliphatic rings. The minimum absolute atomic E-state index is 1.09. The van der Waals surface area contributed by atoms with Crippen LogP contribution in [0, 0.1) is 0 Å². The summed E-state index contributed by atoms with van der Waals surface area (Å²) in [6.45, 7) is 4.41. The number of H-pyrrole nitrogens is 2. The Morgan fingerprint density at radius 2 is 1.24 bits per heavy atom. The summed E-state index contributed by atoms with van der Waals surface area (Å²) < 4.78 is 0. The van der Waals surface area contributed by atoms with Crippen LogP contribution < -0.4 is 9.80 Å². The van der Waals surface area contributed by atoms with Gasteiger partial charge < -0.3 is 24.7 Å². The van der Waals surface area contributed by atoms with Gasteiger partial charge in [0, 0.05) is 84.8 Å². The van der Waals surface area contributed by atoms with E-state index in [1.807, 2.05) is 0 Å². The van der Waals surface area contributed by atoms with Gasteiger partial charge >= 0.3 is 0 Å². The lowest BCUT2D eigenvalue weighted by atomic mass is 10.1. The number of rotatable bonds is 4. The van der Waals surface area contributed by atoms with Crippen LogP contribution in [0.3, 0.4) is 0 Å². The first-order valence-electron chi connectivity index (χ1n) is 12.0. The Morgan fingerprint density at radius 1 is 0.647 bits per heavy atom. The van der Waals surface area contributed by atoms with Gasteiger partial charge in [-0.3, -0.25) is 0 Å². The number of nitrogens with one attached hydrogen (secondary N) is 2. The van der Waals surface area contributed by atoms with Crippen LogP contribution in [-0.4, -0.2) is 62.2 Å². The number of fused-ring (bicyclic) bond motifs is 2. The van der Waals surface area contributed by atoms with Gasteiger partial charge in [-0.25, -0.2) is 0 Å². The Bertz CT molecular complexity index is 1450. The van der Waals surface area contributed by atoms with E-state index in [2.05, 4.69) is 119 Å². The molecule has 2 N–H and O–H groups in total. The molecule has 5 nitrogen and oxygen atoms in total. The van der Waals surface area contributed by atoms with Gasteiger partial charge in [0.1, 0.15) is 0 Å². The Balaban J connectivity index is 1.30. The van der Waals surface area contributed by atoms with Crippen molar-refractivity contribution < 1.29 is 0 Å². The number of likely N-dealkylation sites (N-methyl/N-ethyl adjacent to an activating group) is 1. The molecule has 1 saturated heterocycles. The number of aromatic amines is 2. The molecular formula is C29H31N5. The van der Waals surface area contributed by atoms with E-state index in [0.29, 0.717) is 0 Å². The zero-order valence-electron chi connectivity index (χ0n) is 20.1. The maximum atomic E-state index is 3.63. The summed E-state index contributed by atoms with van der Waals surface area (Å²) >= 11 is 0. The van der Waals surface area contributed by atoms with Gasteiger partial charge in [0.25, 0.3) is 0 Å². The van der Waals surface area contributed by atoms with Crippen LogP contribution >= 0.6 is 0 Å². The van der Waals surface area contributed by atoms with Crippen molar-refractivity contribution in [2.45, 2.75) is 0 Å². The maximum absolute atomic E-state index is 3.63. The van der Waals surface area contributed by atoms with Crippen molar-refractivity contribution in [2.75, 3.05) is 57.1 Å². The van der Waals surface area contributed by atoms with Crippen LogP contribution in [0.1, 0.15) is 0 Å². The Morgan fingerprint density at radius 3 is 1.91 bits per heavy atom. The molecule has 3 aromatic carbocycles. The third-order valence-electron chi connectivity index (χ3n) is 7.10. The van der Waals surface area contributed by atoms with Gasteiger partial charge in [0.15, 0.2) is 0 Å². The van der Waals surface area contributed by atoms with Crippen LogP contribution in [0.4, 0.5) is 11.4 Å². The van der Waals surface area contributed by atoms with E-state index in [9.17, 15) is 0 Å². The van der Waals surface area contributed by atoms with E-state index >= 15 is 0 Å². The second-order valence-electron chi connectivity index (χ2n) is 9.67. The van der Waals surface area contributed by atoms with E-state index in [4.69, 9.17) is 0 Å². The van der Waals surface area contributed by atoms with Crippen molar-refractivity contribution >= 4 is 33.2 Å². The number of aromatic nitrogens is 2. The number of hydrogen-bond donors (Lipinski definition) is 2. The molecule has 0 radical (unpaired) electrons. The number of anilines is 2. The molecule has 0 unspecified atom stereocenters. The van der Waals surface area contributed by atoms with Crippen LogP contribution in [0.25, 0.3) is 44.3 Å². The highest BCUT2D eigenvalue weighted by atomic mass is 15.2. The molecule has 0 bridgehead atoms. The monoisotopic (exact) mass is 449 g/mol. The van der Waals surface area contributed by atoms with Crippen molar-refractivity contribution in [3.05, 3.63) is 72.8 Å². The summed E-state index contributed by atoms with van der Waals surface area (Å²) in [4.78, 5) is 14.2. The number of hydrogen-bond acceptors (Lipinski definition) is 3. The molecule has 3 heterocycles. The van der Waals surface area contributed by atoms with Crippen molar-refractivity contribution in [3.8, 4) is 22.5 Å². The molecule has 34 heavy (non-hydrogen) atoms. The van der Waals surface area contributed by atoms with E-state index in [0.717, 1.165) is 43.1 Å². The topological polar surface area (TPSA) is 41.3 Å². The van der Waals surface area contributed by atoms with Gasteiger partial charge in [0.2, 0.25) is 0 Å². The average Bonchev–Trinajstić information content (AvgIpc) is 3.48. The predicted octanol–water partition coefficient (Wildman–Crippen LogP) is 5.80. The van der Waals surface area contributed by atoms with E-state index in [1.54, 1.807) is 0 Å². The predicted molar refractivity (Wildman–Crippen MR) is 145 cm³/mol. The third-order valence-corrected chi connectivity index (χ3v) is 7.10. The molecule has 2 aromatic heterocycles. The van der Waals surface area contributed by atoms with Crippen LogP contribution in [0.15, 0.2) is 72.8 Å².